The molecule has 0 aromatic heterocycles. The van der Waals surface area contributed by atoms with E-state index in [1.807, 2.05) is 4.90 Å². The molecule has 0 aliphatic carbocycles. The van der Waals surface area contributed by atoms with E-state index < -0.39 is 0 Å². The summed E-state index contributed by atoms with van der Waals surface area (Å²) in [6.45, 7) is 5.69. The maximum Gasteiger partial charge on any atom is 0.222 e. The molecule has 0 spiro atoms. The first-order valence-corrected chi connectivity index (χ1v) is 6.89. The third kappa shape index (κ3) is 3.68. The minimum atomic E-state index is 0.299. The second kappa shape index (κ2) is 6.36. The lowest BCUT2D eigenvalue weighted by Crippen LogP contribution is -2.52. The van der Waals surface area contributed by atoms with Crippen LogP contribution >= 0.6 is 0 Å². The first-order chi connectivity index (χ1) is 8.27. The minimum absolute atomic E-state index is 0.299. The molecule has 1 unspecified atom stereocenters. The maximum absolute atomic E-state index is 12.1. The molecule has 2 fully saturated rings. The highest BCUT2D eigenvalue weighted by Crippen LogP contribution is 2.18. The first-order valence-electron chi connectivity index (χ1n) is 6.89. The van der Waals surface area contributed by atoms with Crippen molar-refractivity contribution in [2.75, 3.05) is 26.2 Å². The zero-order valence-corrected chi connectivity index (χ0v) is 10.8. The largest absolute Gasteiger partial charge is 0.378 e. The second-order valence-electron chi connectivity index (χ2n) is 5.17. The summed E-state index contributed by atoms with van der Waals surface area (Å²) in [6.07, 6.45) is 5.43. The van der Waals surface area contributed by atoms with Crippen LogP contribution in [0.5, 0.6) is 0 Å². The Morgan fingerprint density at radius 1 is 1.47 bits per heavy atom. The van der Waals surface area contributed by atoms with Crippen LogP contribution in [0.3, 0.4) is 0 Å². The molecule has 0 bridgehead atoms. The Balaban J connectivity index is 1.72. The van der Waals surface area contributed by atoms with Gasteiger partial charge in [0, 0.05) is 38.7 Å². The zero-order valence-electron chi connectivity index (χ0n) is 10.8. The molecular weight excluding hydrogens is 216 g/mol. The lowest BCUT2D eigenvalue weighted by molar-refractivity contribution is -0.135. The molecule has 0 radical (unpaired) electrons. The Morgan fingerprint density at radius 3 is 3.06 bits per heavy atom. The van der Waals surface area contributed by atoms with Crippen molar-refractivity contribution in [3.05, 3.63) is 0 Å². The lowest BCUT2D eigenvalue weighted by Gasteiger charge is -2.34. The SMILES string of the molecule is C[C@H]1CNCCN1C(=O)CCC1CCCCO1. The van der Waals surface area contributed by atoms with Crippen LogP contribution in [0.15, 0.2) is 0 Å². The Morgan fingerprint density at radius 2 is 2.35 bits per heavy atom. The van der Waals surface area contributed by atoms with Crippen LogP contribution in [0.25, 0.3) is 0 Å². The van der Waals surface area contributed by atoms with Gasteiger partial charge in [-0.2, -0.15) is 0 Å². The molecule has 17 heavy (non-hydrogen) atoms. The van der Waals surface area contributed by atoms with Gasteiger partial charge in [0.25, 0.3) is 0 Å². The molecule has 0 saturated carbocycles. The molecular formula is C13H24N2O2. The highest BCUT2D eigenvalue weighted by Gasteiger charge is 2.24. The van der Waals surface area contributed by atoms with Crippen molar-refractivity contribution in [1.29, 1.82) is 0 Å². The van der Waals surface area contributed by atoms with Gasteiger partial charge in [0.15, 0.2) is 0 Å². The average molecular weight is 240 g/mol. The molecule has 4 heteroatoms. The molecule has 1 N–H and O–H groups in total. The lowest BCUT2D eigenvalue weighted by atomic mass is 10.0. The van der Waals surface area contributed by atoms with E-state index in [1.54, 1.807) is 0 Å². The van der Waals surface area contributed by atoms with E-state index in [9.17, 15) is 4.79 Å². The third-order valence-electron chi connectivity index (χ3n) is 3.78. The molecule has 0 aromatic carbocycles. The van der Waals surface area contributed by atoms with Gasteiger partial charge < -0.3 is 15.0 Å². The molecule has 98 valence electrons. The van der Waals surface area contributed by atoms with Gasteiger partial charge in [-0.05, 0) is 32.6 Å². The van der Waals surface area contributed by atoms with Crippen molar-refractivity contribution in [2.45, 2.75) is 51.2 Å². The van der Waals surface area contributed by atoms with E-state index in [0.29, 0.717) is 24.5 Å². The number of nitrogens with zero attached hydrogens (tertiary/aromatic N) is 1. The van der Waals surface area contributed by atoms with Crippen molar-refractivity contribution in [3.8, 4) is 0 Å². The minimum Gasteiger partial charge on any atom is -0.378 e. The van der Waals surface area contributed by atoms with Crippen molar-refractivity contribution < 1.29 is 9.53 Å². The normalized spacial score (nSPS) is 30.3. The van der Waals surface area contributed by atoms with Crippen molar-refractivity contribution >= 4 is 5.91 Å². The van der Waals surface area contributed by atoms with Crippen LogP contribution in [0, 0.1) is 0 Å². The van der Waals surface area contributed by atoms with E-state index in [-0.39, 0.29) is 0 Å². The number of carbonyl (C=O) groups is 1. The molecule has 2 saturated heterocycles. The number of piperazine rings is 1. The highest BCUT2D eigenvalue weighted by molar-refractivity contribution is 5.76. The van der Waals surface area contributed by atoms with Crippen LogP contribution in [0.1, 0.15) is 39.0 Å². The van der Waals surface area contributed by atoms with E-state index in [4.69, 9.17) is 4.74 Å². The topological polar surface area (TPSA) is 41.6 Å². The molecule has 2 aliphatic heterocycles. The predicted molar refractivity (Wildman–Crippen MR) is 66.9 cm³/mol. The summed E-state index contributed by atoms with van der Waals surface area (Å²) in [5, 5.41) is 3.31. The van der Waals surface area contributed by atoms with Crippen molar-refractivity contribution in [1.82, 2.24) is 10.2 Å². The second-order valence-corrected chi connectivity index (χ2v) is 5.17. The summed E-state index contributed by atoms with van der Waals surface area (Å²) in [4.78, 5) is 14.1. The van der Waals surface area contributed by atoms with Crippen LogP contribution in [0.4, 0.5) is 0 Å². The fourth-order valence-corrected chi connectivity index (χ4v) is 2.67. The van der Waals surface area contributed by atoms with Gasteiger partial charge in [-0.1, -0.05) is 0 Å². The molecule has 4 nitrogen and oxygen atoms in total. The van der Waals surface area contributed by atoms with Crippen molar-refractivity contribution in [2.24, 2.45) is 0 Å². The van der Waals surface area contributed by atoms with Gasteiger partial charge in [0.1, 0.15) is 0 Å². The number of carbonyl (C=O) groups excluding carboxylic acids is 1. The molecule has 0 aromatic rings. The average Bonchev–Trinajstić information content (AvgIpc) is 2.38. The summed E-state index contributed by atoms with van der Waals surface area (Å²) < 4.78 is 5.66. The monoisotopic (exact) mass is 240 g/mol. The fraction of sp³-hybridized carbons (Fsp3) is 0.923. The van der Waals surface area contributed by atoms with Crippen LogP contribution in [-0.4, -0.2) is 49.2 Å². The zero-order chi connectivity index (χ0) is 12.1. The molecule has 2 heterocycles. The van der Waals surface area contributed by atoms with E-state index >= 15 is 0 Å². The Bertz CT molecular complexity index is 252. The summed E-state index contributed by atoms with van der Waals surface area (Å²) >= 11 is 0. The van der Waals surface area contributed by atoms with Gasteiger partial charge in [0.2, 0.25) is 5.91 Å². The number of hydrogen-bond acceptors (Lipinski definition) is 3. The van der Waals surface area contributed by atoms with Gasteiger partial charge >= 0.3 is 0 Å². The molecule has 2 aliphatic rings. The Hall–Kier alpha value is -0.610. The van der Waals surface area contributed by atoms with Gasteiger partial charge in [-0.3, -0.25) is 4.79 Å². The third-order valence-corrected chi connectivity index (χ3v) is 3.78. The van der Waals surface area contributed by atoms with Gasteiger partial charge in [0.05, 0.1) is 6.10 Å². The summed E-state index contributed by atoms with van der Waals surface area (Å²) in [5.74, 6) is 0.299. The number of ether oxygens (including phenoxy) is 1. The fourth-order valence-electron chi connectivity index (χ4n) is 2.67. The summed E-state index contributed by atoms with van der Waals surface area (Å²) in [6, 6.07) is 0.337. The number of amides is 1. The predicted octanol–water partition coefficient (Wildman–Crippen LogP) is 1.16. The van der Waals surface area contributed by atoms with Crippen molar-refractivity contribution in [3.63, 3.8) is 0 Å². The number of rotatable bonds is 3. The maximum atomic E-state index is 12.1. The molecule has 1 amide bonds. The Kier molecular flexibility index (Phi) is 4.80. The number of nitrogens with one attached hydrogen (secondary N) is 1. The van der Waals surface area contributed by atoms with E-state index in [1.165, 1.54) is 12.8 Å². The standard InChI is InChI=1S/C13H24N2O2/c1-11-10-14-7-8-15(11)13(16)6-5-12-4-2-3-9-17-12/h11-12,14H,2-10H2,1H3/t11-,12?/m0/s1. The number of hydrogen-bond donors (Lipinski definition) is 1. The van der Waals surface area contributed by atoms with E-state index in [2.05, 4.69) is 12.2 Å². The summed E-state index contributed by atoms with van der Waals surface area (Å²) in [5.41, 5.74) is 0. The van der Waals surface area contributed by atoms with E-state index in [0.717, 1.165) is 39.1 Å². The molecule has 2 rings (SSSR count). The summed E-state index contributed by atoms with van der Waals surface area (Å²) in [7, 11) is 0. The smallest absolute Gasteiger partial charge is 0.222 e. The van der Waals surface area contributed by atoms with Crippen LogP contribution in [-0.2, 0) is 9.53 Å². The first kappa shape index (κ1) is 12.8. The highest BCUT2D eigenvalue weighted by atomic mass is 16.5. The Labute approximate surface area is 104 Å². The van der Waals surface area contributed by atoms with Gasteiger partial charge in [-0.25, -0.2) is 0 Å². The molecule has 2 atom stereocenters. The van der Waals surface area contributed by atoms with Crippen LogP contribution in [0.2, 0.25) is 0 Å². The van der Waals surface area contributed by atoms with Crippen LogP contribution < -0.4 is 5.32 Å². The quantitative estimate of drug-likeness (QED) is 0.805. The van der Waals surface area contributed by atoms with Gasteiger partial charge in [-0.15, -0.1) is 0 Å².